The first kappa shape index (κ1) is 26.7. The van der Waals surface area contributed by atoms with Crippen molar-refractivity contribution in [2.24, 2.45) is 0 Å². The highest BCUT2D eigenvalue weighted by Crippen LogP contribution is 2.22. The standard InChI is InChI=1S/C24H28ClN3O6/c1-15-18(25)6-5-7-19(15)28-20(29)13-26-21(30)14-33-22(31)17-10-8-16(9-11-17)12-27-23(32)34-24(2,3)4/h5-11H,12-14H2,1-4H3,(H,26,30)(H,27,32)(H,28,29). The molecule has 0 saturated heterocycles. The molecule has 0 saturated carbocycles. The Bertz CT molecular complexity index is 1050. The zero-order valence-electron chi connectivity index (χ0n) is 19.5. The lowest BCUT2D eigenvalue weighted by Gasteiger charge is -2.19. The van der Waals surface area contributed by atoms with Gasteiger partial charge in [0.15, 0.2) is 6.61 Å². The van der Waals surface area contributed by atoms with Crippen LogP contribution in [0.3, 0.4) is 0 Å². The maximum atomic E-state index is 12.1. The Morgan fingerprint density at radius 3 is 2.26 bits per heavy atom. The van der Waals surface area contributed by atoms with E-state index in [2.05, 4.69) is 16.0 Å². The van der Waals surface area contributed by atoms with E-state index in [9.17, 15) is 19.2 Å². The summed E-state index contributed by atoms with van der Waals surface area (Å²) in [7, 11) is 0. The second-order valence-corrected chi connectivity index (χ2v) is 8.77. The van der Waals surface area contributed by atoms with Gasteiger partial charge in [0.25, 0.3) is 5.91 Å². The normalized spacial score (nSPS) is 10.7. The Hall–Kier alpha value is -3.59. The first-order valence-corrected chi connectivity index (χ1v) is 10.9. The summed E-state index contributed by atoms with van der Waals surface area (Å²) in [6.07, 6.45) is -0.543. The fourth-order valence-corrected chi connectivity index (χ4v) is 2.80. The number of hydrogen-bond acceptors (Lipinski definition) is 6. The van der Waals surface area contributed by atoms with Crippen LogP contribution < -0.4 is 16.0 Å². The Morgan fingerprint density at radius 2 is 1.62 bits per heavy atom. The topological polar surface area (TPSA) is 123 Å². The Morgan fingerprint density at radius 1 is 0.941 bits per heavy atom. The summed E-state index contributed by atoms with van der Waals surface area (Å²) in [5.74, 6) is -1.76. The molecule has 2 aromatic carbocycles. The van der Waals surface area contributed by atoms with Crippen molar-refractivity contribution in [3.05, 3.63) is 64.2 Å². The SMILES string of the molecule is Cc1c(Cl)cccc1NC(=O)CNC(=O)COC(=O)c1ccc(CNC(=O)OC(C)(C)C)cc1. The molecule has 3 N–H and O–H groups in total. The van der Waals surface area contributed by atoms with Gasteiger partial charge in [-0.1, -0.05) is 29.8 Å². The van der Waals surface area contributed by atoms with E-state index >= 15 is 0 Å². The van der Waals surface area contributed by atoms with Crippen LogP contribution in [0.5, 0.6) is 0 Å². The highest BCUT2D eigenvalue weighted by Gasteiger charge is 2.16. The Balaban J connectivity index is 1.73. The van der Waals surface area contributed by atoms with E-state index in [0.717, 1.165) is 5.56 Å². The second-order valence-electron chi connectivity index (χ2n) is 8.37. The number of hydrogen-bond donors (Lipinski definition) is 3. The highest BCUT2D eigenvalue weighted by atomic mass is 35.5. The number of carbonyl (C=O) groups excluding carboxylic acids is 4. The van der Waals surface area contributed by atoms with Gasteiger partial charge in [-0.05, 0) is 63.1 Å². The minimum atomic E-state index is -0.694. The number of carbonyl (C=O) groups is 4. The van der Waals surface area contributed by atoms with E-state index in [1.807, 2.05) is 0 Å². The molecule has 0 radical (unpaired) electrons. The molecule has 0 aliphatic heterocycles. The summed E-state index contributed by atoms with van der Waals surface area (Å²) in [4.78, 5) is 47.8. The quantitative estimate of drug-likeness (QED) is 0.487. The lowest BCUT2D eigenvalue weighted by atomic mass is 10.1. The Labute approximate surface area is 203 Å². The number of rotatable bonds is 8. The first-order chi connectivity index (χ1) is 15.9. The van der Waals surface area contributed by atoms with E-state index in [1.165, 1.54) is 12.1 Å². The van der Waals surface area contributed by atoms with Crippen LogP contribution in [-0.4, -0.2) is 42.6 Å². The zero-order valence-corrected chi connectivity index (χ0v) is 20.2. The van der Waals surface area contributed by atoms with Gasteiger partial charge in [0.2, 0.25) is 5.91 Å². The number of alkyl carbamates (subject to hydrolysis) is 1. The van der Waals surface area contributed by atoms with Crippen molar-refractivity contribution in [3.8, 4) is 0 Å². The fraction of sp³-hybridized carbons (Fsp3) is 0.333. The third-order valence-electron chi connectivity index (χ3n) is 4.35. The van der Waals surface area contributed by atoms with E-state index in [4.69, 9.17) is 21.1 Å². The van der Waals surface area contributed by atoms with Gasteiger partial charge < -0.3 is 25.4 Å². The molecule has 0 atom stereocenters. The van der Waals surface area contributed by atoms with Crippen LogP contribution in [-0.2, 0) is 25.6 Å². The van der Waals surface area contributed by atoms with E-state index in [-0.39, 0.29) is 18.7 Å². The summed E-state index contributed by atoms with van der Waals surface area (Å²) >= 11 is 6.01. The molecule has 3 amide bonds. The number of anilines is 1. The summed E-state index contributed by atoms with van der Waals surface area (Å²) in [5, 5.41) is 8.17. The minimum absolute atomic E-state index is 0.226. The molecule has 0 aliphatic rings. The summed E-state index contributed by atoms with van der Waals surface area (Å²) in [5.41, 5.74) is 1.65. The number of amides is 3. The van der Waals surface area contributed by atoms with Crippen LogP contribution in [0, 0.1) is 6.92 Å². The molecule has 10 heteroatoms. The molecule has 0 bridgehead atoms. The smallest absolute Gasteiger partial charge is 0.407 e. The van der Waals surface area contributed by atoms with E-state index in [0.29, 0.717) is 16.3 Å². The molecule has 2 rings (SSSR count). The maximum Gasteiger partial charge on any atom is 0.407 e. The molecule has 0 unspecified atom stereocenters. The Kier molecular flexibility index (Phi) is 9.44. The fourth-order valence-electron chi connectivity index (χ4n) is 2.63. The van der Waals surface area contributed by atoms with Gasteiger partial charge in [-0.2, -0.15) is 0 Å². The predicted octanol–water partition coefficient (Wildman–Crippen LogP) is 3.58. The van der Waals surface area contributed by atoms with Crippen molar-refractivity contribution in [2.45, 2.75) is 39.8 Å². The van der Waals surface area contributed by atoms with Crippen molar-refractivity contribution < 1.29 is 28.7 Å². The molecule has 0 spiro atoms. The molecular formula is C24H28ClN3O6. The van der Waals surface area contributed by atoms with Gasteiger partial charge in [0, 0.05) is 17.3 Å². The van der Waals surface area contributed by atoms with Crippen LogP contribution in [0.4, 0.5) is 10.5 Å². The molecule has 0 heterocycles. The summed E-state index contributed by atoms with van der Waals surface area (Å²) in [6, 6.07) is 11.4. The zero-order chi connectivity index (χ0) is 25.3. The monoisotopic (exact) mass is 489 g/mol. The van der Waals surface area contributed by atoms with Crippen molar-refractivity contribution in [1.82, 2.24) is 10.6 Å². The molecule has 0 aliphatic carbocycles. The molecular weight excluding hydrogens is 462 g/mol. The van der Waals surface area contributed by atoms with Crippen molar-refractivity contribution in [2.75, 3.05) is 18.5 Å². The lowest BCUT2D eigenvalue weighted by Crippen LogP contribution is -2.35. The van der Waals surface area contributed by atoms with Crippen molar-refractivity contribution >= 4 is 41.2 Å². The maximum absolute atomic E-state index is 12.1. The van der Waals surface area contributed by atoms with Crippen molar-refractivity contribution in [1.29, 1.82) is 0 Å². The third kappa shape index (κ3) is 9.11. The number of ether oxygens (including phenoxy) is 2. The van der Waals surface area contributed by atoms with Gasteiger partial charge in [-0.25, -0.2) is 9.59 Å². The molecule has 9 nitrogen and oxygen atoms in total. The van der Waals surface area contributed by atoms with E-state index in [1.54, 1.807) is 58.0 Å². The highest BCUT2D eigenvalue weighted by molar-refractivity contribution is 6.31. The summed E-state index contributed by atoms with van der Waals surface area (Å²) < 4.78 is 10.1. The number of nitrogens with one attached hydrogen (secondary N) is 3. The van der Waals surface area contributed by atoms with E-state index < -0.39 is 36.1 Å². The van der Waals surface area contributed by atoms with Crippen LogP contribution in [0.15, 0.2) is 42.5 Å². The lowest BCUT2D eigenvalue weighted by molar-refractivity contribution is -0.126. The summed E-state index contributed by atoms with van der Waals surface area (Å²) in [6.45, 7) is 6.47. The molecule has 2 aromatic rings. The minimum Gasteiger partial charge on any atom is -0.452 e. The van der Waals surface area contributed by atoms with Gasteiger partial charge in [0.05, 0.1) is 12.1 Å². The molecule has 0 fully saturated rings. The van der Waals surface area contributed by atoms with Gasteiger partial charge in [-0.15, -0.1) is 0 Å². The third-order valence-corrected chi connectivity index (χ3v) is 4.76. The van der Waals surface area contributed by atoms with Gasteiger partial charge >= 0.3 is 12.1 Å². The predicted molar refractivity (Wildman–Crippen MR) is 128 cm³/mol. The first-order valence-electron chi connectivity index (χ1n) is 10.5. The molecule has 0 aromatic heterocycles. The number of esters is 1. The van der Waals surface area contributed by atoms with Gasteiger partial charge in [0.1, 0.15) is 5.60 Å². The van der Waals surface area contributed by atoms with Crippen LogP contribution in [0.25, 0.3) is 0 Å². The van der Waals surface area contributed by atoms with Crippen LogP contribution in [0.1, 0.15) is 42.3 Å². The van der Waals surface area contributed by atoms with Gasteiger partial charge in [-0.3, -0.25) is 9.59 Å². The second kappa shape index (κ2) is 12.0. The average molecular weight is 490 g/mol. The molecule has 34 heavy (non-hydrogen) atoms. The number of benzene rings is 2. The van der Waals surface area contributed by atoms with Crippen molar-refractivity contribution in [3.63, 3.8) is 0 Å². The average Bonchev–Trinajstić information content (AvgIpc) is 2.77. The molecule has 182 valence electrons. The van der Waals surface area contributed by atoms with Crippen LogP contribution in [0.2, 0.25) is 5.02 Å². The largest absolute Gasteiger partial charge is 0.452 e. The number of halogens is 1. The van der Waals surface area contributed by atoms with Crippen LogP contribution >= 0.6 is 11.6 Å².